The molecule has 148 valence electrons. The molecule has 1 saturated heterocycles. The molecule has 3 atom stereocenters. The SMILES string of the molecule is CCOC(=O)[C@@H]1C(=O)OC(C)(C)[C@H]1[C@H](CC)C(=O)c1c(C)cc(C)cc1C. The van der Waals surface area contributed by atoms with E-state index >= 15 is 0 Å². The van der Waals surface area contributed by atoms with Gasteiger partial charge in [0.1, 0.15) is 5.60 Å². The highest BCUT2D eigenvalue weighted by atomic mass is 16.6. The molecule has 1 heterocycles. The molecule has 0 saturated carbocycles. The quantitative estimate of drug-likeness (QED) is 0.428. The van der Waals surface area contributed by atoms with Gasteiger partial charge in [0.15, 0.2) is 11.7 Å². The van der Waals surface area contributed by atoms with Crippen LogP contribution < -0.4 is 0 Å². The number of aryl methyl sites for hydroxylation is 3. The number of hydrogen-bond acceptors (Lipinski definition) is 5. The Kier molecular flexibility index (Phi) is 6.13. The van der Waals surface area contributed by atoms with Gasteiger partial charge < -0.3 is 9.47 Å². The number of carbonyl (C=O) groups excluding carboxylic acids is 3. The summed E-state index contributed by atoms with van der Waals surface area (Å²) in [4.78, 5) is 38.4. The van der Waals surface area contributed by atoms with Gasteiger partial charge in [-0.05, 0) is 59.1 Å². The van der Waals surface area contributed by atoms with Crippen LogP contribution in [0.1, 0.15) is 61.2 Å². The molecule has 5 nitrogen and oxygen atoms in total. The van der Waals surface area contributed by atoms with E-state index in [0.29, 0.717) is 12.0 Å². The molecular formula is C22H30O5. The minimum atomic E-state index is -1.07. The van der Waals surface area contributed by atoms with E-state index in [0.717, 1.165) is 16.7 Å². The molecule has 1 aromatic rings. The molecule has 27 heavy (non-hydrogen) atoms. The molecule has 2 rings (SSSR count). The van der Waals surface area contributed by atoms with Gasteiger partial charge in [-0.25, -0.2) is 0 Å². The summed E-state index contributed by atoms with van der Waals surface area (Å²) in [5.41, 5.74) is 2.67. The number of benzene rings is 1. The zero-order valence-electron chi connectivity index (χ0n) is 17.3. The van der Waals surface area contributed by atoms with Gasteiger partial charge in [0, 0.05) is 17.4 Å². The van der Waals surface area contributed by atoms with Crippen LogP contribution in [-0.2, 0) is 19.1 Å². The van der Waals surface area contributed by atoms with E-state index in [2.05, 4.69) is 0 Å². The standard InChI is InChI=1S/C22H30O5/c1-8-15(19(23)16-13(4)10-12(3)11-14(16)5)18-17(20(24)26-9-2)21(25)27-22(18,6)7/h10-11,15,17-18H,8-9H2,1-7H3/t15-,17+,18-/m0/s1. The summed E-state index contributed by atoms with van der Waals surface area (Å²) in [7, 11) is 0. The summed E-state index contributed by atoms with van der Waals surface area (Å²) in [6, 6.07) is 3.97. The van der Waals surface area contributed by atoms with Crippen LogP contribution in [0.25, 0.3) is 0 Å². The highest BCUT2D eigenvalue weighted by Gasteiger charge is 2.58. The third-order valence-electron chi connectivity index (χ3n) is 5.45. The van der Waals surface area contributed by atoms with Gasteiger partial charge in [-0.15, -0.1) is 0 Å². The lowest BCUT2D eigenvalue weighted by molar-refractivity contribution is -0.157. The number of rotatable bonds is 6. The Morgan fingerprint density at radius 1 is 1.15 bits per heavy atom. The fourth-order valence-electron chi connectivity index (χ4n) is 4.49. The Hall–Kier alpha value is -2.17. The van der Waals surface area contributed by atoms with Crippen LogP contribution in [0, 0.1) is 38.5 Å². The maximum absolute atomic E-state index is 13.5. The molecule has 0 aromatic heterocycles. The average molecular weight is 374 g/mol. The number of hydrogen-bond donors (Lipinski definition) is 0. The van der Waals surface area contributed by atoms with Crippen molar-refractivity contribution in [2.75, 3.05) is 6.61 Å². The van der Waals surface area contributed by atoms with E-state index in [1.54, 1.807) is 20.8 Å². The molecule has 0 radical (unpaired) electrons. The van der Waals surface area contributed by atoms with Crippen LogP contribution in [0.3, 0.4) is 0 Å². The number of carbonyl (C=O) groups is 3. The fraction of sp³-hybridized carbons (Fsp3) is 0.591. The lowest BCUT2D eigenvalue weighted by Crippen LogP contribution is -2.42. The van der Waals surface area contributed by atoms with E-state index in [1.807, 2.05) is 39.8 Å². The van der Waals surface area contributed by atoms with Gasteiger partial charge in [-0.2, -0.15) is 0 Å². The molecule has 0 unspecified atom stereocenters. The molecule has 0 amide bonds. The first kappa shape index (κ1) is 21.1. The number of ether oxygens (including phenoxy) is 2. The van der Waals surface area contributed by atoms with Crippen LogP contribution in [0.15, 0.2) is 12.1 Å². The van der Waals surface area contributed by atoms with Gasteiger partial charge in [0.25, 0.3) is 0 Å². The fourth-order valence-corrected chi connectivity index (χ4v) is 4.49. The summed E-state index contributed by atoms with van der Waals surface area (Å²) in [6.07, 6.45) is 0.506. The summed E-state index contributed by atoms with van der Waals surface area (Å²) < 4.78 is 10.6. The molecule has 1 fully saturated rings. The Balaban J connectivity index is 2.51. The molecular weight excluding hydrogens is 344 g/mol. The molecule has 5 heteroatoms. The third-order valence-corrected chi connectivity index (χ3v) is 5.45. The first-order valence-electron chi connectivity index (χ1n) is 9.56. The average Bonchev–Trinajstić information content (AvgIpc) is 2.76. The van der Waals surface area contributed by atoms with Crippen LogP contribution in [-0.4, -0.2) is 29.9 Å². The normalized spacial score (nSPS) is 22.3. The summed E-state index contributed by atoms with van der Waals surface area (Å²) in [5.74, 6) is -3.41. The molecule has 1 aliphatic heterocycles. The van der Waals surface area contributed by atoms with Crippen molar-refractivity contribution in [2.24, 2.45) is 17.8 Å². The molecule has 0 aliphatic carbocycles. The maximum atomic E-state index is 13.5. The predicted octanol–water partition coefficient (Wildman–Crippen LogP) is 3.95. The van der Waals surface area contributed by atoms with Crippen LogP contribution in [0.2, 0.25) is 0 Å². The molecule has 0 bridgehead atoms. The Labute approximate surface area is 161 Å². The highest BCUT2D eigenvalue weighted by molar-refractivity contribution is 6.03. The lowest BCUT2D eigenvalue weighted by atomic mass is 9.69. The van der Waals surface area contributed by atoms with Crippen LogP contribution in [0.4, 0.5) is 0 Å². The summed E-state index contributed by atoms with van der Waals surface area (Å²) in [6.45, 7) is 13.1. The summed E-state index contributed by atoms with van der Waals surface area (Å²) in [5, 5.41) is 0. The second kappa shape index (κ2) is 7.83. The minimum absolute atomic E-state index is 0.0434. The largest absolute Gasteiger partial charge is 0.465 e. The zero-order chi connectivity index (χ0) is 20.5. The third kappa shape index (κ3) is 3.92. The second-order valence-corrected chi connectivity index (χ2v) is 7.93. The molecule has 0 spiro atoms. The van der Waals surface area contributed by atoms with Gasteiger partial charge in [0.05, 0.1) is 6.61 Å². The minimum Gasteiger partial charge on any atom is -0.465 e. The first-order valence-corrected chi connectivity index (χ1v) is 9.56. The van der Waals surface area contributed by atoms with E-state index < -0.39 is 35.3 Å². The maximum Gasteiger partial charge on any atom is 0.321 e. The highest BCUT2D eigenvalue weighted by Crippen LogP contribution is 2.45. The van der Waals surface area contributed by atoms with Crippen molar-refractivity contribution in [3.63, 3.8) is 0 Å². The molecule has 1 aliphatic rings. The monoisotopic (exact) mass is 374 g/mol. The van der Waals surface area contributed by atoms with Crippen molar-refractivity contribution in [1.82, 2.24) is 0 Å². The first-order chi connectivity index (χ1) is 12.5. The number of esters is 2. The summed E-state index contributed by atoms with van der Waals surface area (Å²) >= 11 is 0. The number of ketones is 1. The van der Waals surface area contributed by atoms with Gasteiger partial charge in [-0.3, -0.25) is 14.4 Å². The van der Waals surface area contributed by atoms with Crippen molar-refractivity contribution in [1.29, 1.82) is 0 Å². The van der Waals surface area contributed by atoms with Gasteiger partial charge >= 0.3 is 11.9 Å². The zero-order valence-corrected chi connectivity index (χ0v) is 17.3. The van der Waals surface area contributed by atoms with Gasteiger partial charge in [0.2, 0.25) is 0 Å². The van der Waals surface area contributed by atoms with Crippen molar-refractivity contribution in [2.45, 2.75) is 60.5 Å². The van der Waals surface area contributed by atoms with E-state index in [-0.39, 0.29) is 12.4 Å². The van der Waals surface area contributed by atoms with E-state index in [9.17, 15) is 14.4 Å². The lowest BCUT2D eigenvalue weighted by Gasteiger charge is -2.32. The number of Topliss-reactive ketones (excluding diaryl/α,β-unsaturated/α-hetero) is 1. The van der Waals surface area contributed by atoms with Gasteiger partial charge in [-0.1, -0.05) is 24.6 Å². The topological polar surface area (TPSA) is 69.7 Å². The van der Waals surface area contributed by atoms with Crippen LogP contribution in [0.5, 0.6) is 0 Å². The van der Waals surface area contributed by atoms with Crippen molar-refractivity contribution in [3.05, 3.63) is 34.4 Å². The Morgan fingerprint density at radius 2 is 1.70 bits per heavy atom. The Morgan fingerprint density at radius 3 is 2.19 bits per heavy atom. The van der Waals surface area contributed by atoms with Crippen molar-refractivity contribution in [3.8, 4) is 0 Å². The van der Waals surface area contributed by atoms with Crippen LogP contribution >= 0.6 is 0 Å². The molecule has 0 N–H and O–H groups in total. The Bertz CT molecular complexity index is 739. The van der Waals surface area contributed by atoms with Crippen molar-refractivity contribution >= 4 is 17.7 Å². The van der Waals surface area contributed by atoms with E-state index in [4.69, 9.17) is 9.47 Å². The van der Waals surface area contributed by atoms with E-state index in [1.165, 1.54) is 0 Å². The second-order valence-electron chi connectivity index (χ2n) is 7.93. The molecule has 1 aromatic carbocycles. The van der Waals surface area contributed by atoms with Crippen molar-refractivity contribution < 1.29 is 23.9 Å². The smallest absolute Gasteiger partial charge is 0.321 e. The predicted molar refractivity (Wildman–Crippen MR) is 103 cm³/mol. The number of cyclic esters (lactones) is 1.